The summed E-state index contributed by atoms with van der Waals surface area (Å²) in [6, 6.07) is 12.0. The fourth-order valence-electron chi connectivity index (χ4n) is 3.64. The lowest BCUT2D eigenvalue weighted by Gasteiger charge is -2.27. The summed E-state index contributed by atoms with van der Waals surface area (Å²) in [5, 5.41) is 0. The van der Waals surface area contributed by atoms with Crippen molar-refractivity contribution in [3.8, 4) is 0 Å². The third kappa shape index (κ3) is 3.25. The minimum absolute atomic E-state index is 0.0879. The van der Waals surface area contributed by atoms with Gasteiger partial charge in [-0.15, -0.1) is 0 Å². The van der Waals surface area contributed by atoms with Gasteiger partial charge in [0.25, 0.3) is 5.56 Å². The Bertz CT molecular complexity index is 724. The van der Waals surface area contributed by atoms with Gasteiger partial charge in [-0.3, -0.25) is 4.79 Å². The molecule has 0 bridgehead atoms. The number of aryl methyl sites for hydroxylation is 2. The van der Waals surface area contributed by atoms with Crippen LogP contribution in [0.1, 0.15) is 66.6 Å². The number of nitrogens with two attached hydrogens (primary N) is 1. The Morgan fingerprint density at radius 1 is 1.00 bits per heavy atom. The minimum atomic E-state index is -0.362. The molecule has 0 aliphatic heterocycles. The highest BCUT2D eigenvalue weighted by molar-refractivity contribution is 5.32. The second-order valence-corrected chi connectivity index (χ2v) is 6.79. The van der Waals surface area contributed by atoms with Crippen LogP contribution in [-0.2, 0) is 0 Å². The third-order valence-electron chi connectivity index (χ3n) is 5.06. The Balaban J connectivity index is 1.99. The van der Waals surface area contributed by atoms with Gasteiger partial charge in [0, 0.05) is 17.3 Å². The van der Waals surface area contributed by atoms with Crippen molar-refractivity contribution in [2.45, 2.75) is 58.0 Å². The SMILES string of the molecule is Cc1ccc(C(N)c2ccc(C)n(C3CCCCC3)c2=O)cc1. The van der Waals surface area contributed by atoms with E-state index in [2.05, 4.69) is 6.92 Å². The van der Waals surface area contributed by atoms with Crippen LogP contribution in [-0.4, -0.2) is 4.57 Å². The maximum atomic E-state index is 13.1. The van der Waals surface area contributed by atoms with Gasteiger partial charge in [-0.25, -0.2) is 0 Å². The zero-order valence-corrected chi connectivity index (χ0v) is 14.1. The van der Waals surface area contributed by atoms with E-state index >= 15 is 0 Å². The van der Waals surface area contributed by atoms with Crippen molar-refractivity contribution in [3.05, 3.63) is 69.1 Å². The van der Waals surface area contributed by atoms with Gasteiger partial charge in [0.1, 0.15) is 0 Å². The molecule has 2 aromatic rings. The van der Waals surface area contributed by atoms with Crippen molar-refractivity contribution in [2.24, 2.45) is 5.73 Å². The first kappa shape index (κ1) is 16.0. The second kappa shape index (κ2) is 6.71. The van der Waals surface area contributed by atoms with Gasteiger partial charge in [0.2, 0.25) is 0 Å². The van der Waals surface area contributed by atoms with Crippen molar-refractivity contribution < 1.29 is 0 Å². The van der Waals surface area contributed by atoms with E-state index in [0.717, 1.165) is 24.1 Å². The highest BCUT2D eigenvalue weighted by Gasteiger charge is 2.21. The van der Waals surface area contributed by atoms with Crippen LogP contribution in [0.4, 0.5) is 0 Å². The molecule has 3 nitrogen and oxygen atoms in total. The van der Waals surface area contributed by atoms with E-state index in [1.165, 1.54) is 24.8 Å². The molecule has 1 aromatic heterocycles. The quantitative estimate of drug-likeness (QED) is 0.931. The number of nitrogens with zero attached hydrogens (tertiary/aromatic N) is 1. The van der Waals surface area contributed by atoms with E-state index < -0.39 is 0 Å². The fraction of sp³-hybridized carbons (Fsp3) is 0.450. The summed E-state index contributed by atoms with van der Waals surface area (Å²) in [6.45, 7) is 4.08. The molecule has 3 rings (SSSR count). The monoisotopic (exact) mass is 310 g/mol. The van der Waals surface area contributed by atoms with E-state index in [9.17, 15) is 4.79 Å². The number of aromatic nitrogens is 1. The predicted octanol–water partition coefficient (Wildman–Crippen LogP) is 4.02. The molecular formula is C20H26N2O. The number of benzene rings is 1. The second-order valence-electron chi connectivity index (χ2n) is 6.79. The van der Waals surface area contributed by atoms with E-state index in [-0.39, 0.29) is 11.6 Å². The molecule has 122 valence electrons. The molecule has 1 aromatic carbocycles. The smallest absolute Gasteiger partial charge is 0.256 e. The van der Waals surface area contributed by atoms with Crippen LogP contribution >= 0.6 is 0 Å². The third-order valence-corrected chi connectivity index (χ3v) is 5.06. The molecule has 3 heteroatoms. The number of hydrogen-bond donors (Lipinski definition) is 1. The van der Waals surface area contributed by atoms with Crippen LogP contribution < -0.4 is 11.3 Å². The maximum Gasteiger partial charge on any atom is 0.256 e. The molecule has 1 fully saturated rings. The highest BCUT2D eigenvalue weighted by atomic mass is 16.1. The average Bonchev–Trinajstić information content (AvgIpc) is 2.56. The van der Waals surface area contributed by atoms with Gasteiger partial charge in [0.05, 0.1) is 6.04 Å². The summed E-state index contributed by atoms with van der Waals surface area (Å²) < 4.78 is 1.99. The summed E-state index contributed by atoms with van der Waals surface area (Å²) >= 11 is 0. The molecule has 0 spiro atoms. The standard InChI is InChI=1S/C20H26N2O/c1-14-8-11-16(12-9-14)19(21)18-13-10-15(2)22(20(18)23)17-6-4-3-5-7-17/h8-13,17,19H,3-7,21H2,1-2H3. The first-order valence-electron chi connectivity index (χ1n) is 8.62. The van der Waals surface area contributed by atoms with Crippen molar-refractivity contribution >= 4 is 0 Å². The molecule has 0 radical (unpaired) electrons. The molecular weight excluding hydrogens is 284 g/mol. The van der Waals surface area contributed by atoms with Gasteiger partial charge in [-0.05, 0) is 44.4 Å². The summed E-state index contributed by atoms with van der Waals surface area (Å²) in [5.41, 5.74) is 10.4. The molecule has 1 unspecified atom stereocenters. The first-order chi connectivity index (χ1) is 11.1. The van der Waals surface area contributed by atoms with E-state index in [4.69, 9.17) is 5.73 Å². The van der Waals surface area contributed by atoms with Crippen molar-refractivity contribution in [3.63, 3.8) is 0 Å². The van der Waals surface area contributed by atoms with Crippen LogP contribution in [0, 0.1) is 13.8 Å². The van der Waals surface area contributed by atoms with Crippen LogP contribution in [0.15, 0.2) is 41.2 Å². The predicted molar refractivity (Wildman–Crippen MR) is 94.8 cm³/mol. The Morgan fingerprint density at radius 3 is 2.30 bits per heavy atom. The number of hydrogen-bond acceptors (Lipinski definition) is 2. The fourth-order valence-corrected chi connectivity index (χ4v) is 3.64. The summed E-state index contributed by atoms with van der Waals surface area (Å²) in [5.74, 6) is 0. The van der Waals surface area contributed by atoms with Gasteiger partial charge in [-0.1, -0.05) is 49.1 Å². The lowest BCUT2D eigenvalue weighted by Crippen LogP contribution is -2.33. The van der Waals surface area contributed by atoms with Crippen LogP contribution in [0.25, 0.3) is 0 Å². The molecule has 1 heterocycles. The molecule has 0 amide bonds. The van der Waals surface area contributed by atoms with Crippen molar-refractivity contribution in [1.82, 2.24) is 4.57 Å². The molecule has 23 heavy (non-hydrogen) atoms. The lowest BCUT2D eigenvalue weighted by molar-refractivity contribution is 0.340. The molecule has 1 aliphatic carbocycles. The van der Waals surface area contributed by atoms with E-state index in [1.54, 1.807) is 0 Å². The first-order valence-corrected chi connectivity index (χ1v) is 8.62. The van der Waals surface area contributed by atoms with E-state index in [0.29, 0.717) is 11.6 Å². The zero-order chi connectivity index (χ0) is 16.4. The normalized spacial score (nSPS) is 17.2. The van der Waals surface area contributed by atoms with Crippen LogP contribution in [0.3, 0.4) is 0 Å². The minimum Gasteiger partial charge on any atom is -0.320 e. The van der Waals surface area contributed by atoms with Gasteiger partial charge in [0.15, 0.2) is 0 Å². The highest BCUT2D eigenvalue weighted by Crippen LogP contribution is 2.28. The van der Waals surface area contributed by atoms with E-state index in [1.807, 2.05) is 47.9 Å². The Hall–Kier alpha value is -1.87. The molecule has 0 saturated heterocycles. The largest absolute Gasteiger partial charge is 0.320 e. The zero-order valence-electron chi connectivity index (χ0n) is 14.1. The molecule has 2 N–H and O–H groups in total. The molecule has 1 saturated carbocycles. The summed E-state index contributed by atoms with van der Waals surface area (Å²) in [4.78, 5) is 13.1. The number of rotatable bonds is 3. The summed E-state index contributed by atoms with van der Waals surface area (Å²) in [7, 11) is 0. The molecule has 1 aliphatic rings. The van der Waals surface area contributed by atoms with Crippen LogP contribution in [0.2, 0.25) is 0 Å². The van der Waals surface area contributed by atoms with Crippen molar-refractivity contribution in [2.75, 3.05) is 0 Å². The Morgan fingerprint density at radius 2 is 1.65 bits per heavy atom. The van der Waals surface area contributed by atoms with Gasteiger partial charge < -0.3 is 10.3 Å². The summed E-state index contributed by atoms with van der Waals surface area (Å²) in [6.07, 6.45) is 5.91. The topological polar surface area (TPSA) is 48.0 Å². The molecule has 1 atom stereocenters. The Kier molecular flexibility index (Phi) is 4.67. The lowest BCUT2D eigenvalue weighted by atomic mass is 9.94. The van der Waals surface area contributed by atoms with Gasteiger partial charge >= 0.3 is 0 Å². The number of pyridine rings is 1. The Labute approximate surface area is 138 Å². The average molecular weight is 310 g/mol. The van der Waals surface area contributed by atoms with Crippen molar-refractivity contribution in [1.29, 1.82) is 0 Å². The van der Waals surface area contributed by atoms with Gasteiger partial charge in [-0.2, -0.15) is 0 Å². The van der Waals surface area contributed by atoms with Crippen LogP contribution in [0.5, 0.6) is 0 Å². The maximum absolute atomic E-state index is 13.1.